The molecule has 7 heteroatoms. The van der Waals surface area contributed by atoms with E-state index in [1.807, 2.05) is 0 Å². The van der Waals surface area contributed by atoms with Gasteiger partial charge in [-0.3, -0.25) is 0 Å². The molecular formula is C12H13ClN2O3S. The van der Waals surface area contributed by atoms with Crippen LogP contribution in [-0.4, -0.2) is 19.9 Å². The number of oxazole rings is 1. The molecule has 5 nitrogen and oxygen atoms in total. The van der Waals surface area contributed by atoms with Crippen LogP contribution in [0.3, 0.4) is 0 Å². The lowest BCUT2D eigenvalue weighted by atomic mass is 10.2. The third-order valence-corrected chi connectivity index (χ3v) is 4.07. The van der Waals surface area contributed by atoms with Gasteiger partial charge in [0, 0.05) is 18.0 Å². The largest absolute Gasteiger partial charge is 0.451 e. The van der Waals surface area contributed by atoms with Crippen molar-refractivity contribution in [2.24, 2.45) is 0 Å². The molecule has 0 saturated carbocycles. The quantitative estimate of drug-likeness (QED) is 0.885. The molecular weight excluding hydrogens is 288 g/mol. The topological polar surface area (TPSA) is 72.2 Å². The van der Waals surface area contributed by atoms with Crippen LogP contribution in [-0.2, 0) is 22.2 Å². The molecule has 0 aliphatic rings. The maximum absolute atomic E-state index is 11.8. The first-order valence-electron chi connectivity index (χ1n) is 5.64. The van der Waals surface area contributed by atoms with Gasteiger partial charge in [-0.25, -0.2) is 18.1 Å². The fraction of sp³-hybridized carbons (Fsp3) is 0.250. The van der Waals surface area contributed by atoms with E-state index < -0.39 is 10.0 Å². The molecule has 0 amide bonds. The molecule has 1 N–H and O–H groups in total. The molecule has 0 saturated heterocycles. The highest BCUT2D eigenvalue weighted by molar-refractivity contribution is 7.88. The van der Waals surface area contributed by atoms with Crippen molar-refractivity contribution in [3.8, 4) is 0 Å². The fourth-order valence-electron chi connectivity index (χ4n) is 1.55. The Labute approximate surface area is 116 Å². The number of sulfonamides is 1. The van der Waals surface area contributed by atoms with Crippen molar-refractivity contribution in [2.45, 2.75) is 12.2 Å². The van der Waals surface area contributed by atoms with Crippen LogP contribution in [0.4, 0.5) is 0 Å². The van der Waals surface area contributed by atoms with E-state index in [0.29, 0.717) is 29.2 Å². The number of nitrogens with one attached hydrogen (secondary N) is 1. The molecule has 0 radical (unpaired) electrons. The minimum atomic E-state index is -3.35. The molecule has 0 unspecified atom stereocenters. The second-order valence-corrected chi connectivity index (χ2v) is 6.25. The SMILES string of the molecule is O=S(=O)(Cc1ccc(Cl)cc1)NCCc1cocn1. The van der Waals surface area contributed by atoms with Crippen molar-refractivity contribution < 1.29 is 12.8 Å². The van der Waals surface area contributed by atoms with Crippen LogP contribution < -0.4 is 4.72 Å². The van der Waals surface area contributed by atoms with E-state index in [9.17, 15) is 8.42 Å². The Morgan fingerprint density at radius 2 is 2.00 bits per heavy atom. The Morgan fingerprint density at radius 1 is 1.26 bits per heavy atom. The van der Waals surface area contributed by atoms with Gasteiger partial charge in [-0.05, 0) is 17.7 Å². The van der Waals surface area contributed by atoms with Crippen molar-refractivity contribution in [1.82, 2.24) is 9.71 Å². The monoisotopic (exact) mass is 300 g/mol. The first-order chi connectivity index (χ1) is 9.05. The summed E-state index contributed by atoms with van der Waals surface area (Å²) in [5.74, 6) is -0.0665. The number of hydrogen-bond acceptors (Lipinski definition) is 4. The summed E-state index contributed by atoms with van der Waals surface area (Å²) in [6.07, 6.45) is 3.31. The summed E-state index contributed by atoms with van der Waals surface area (Å²) in [4.78, 5) is 3.91. The molecule has 19 heavy (non-hydrogen) atoms. The number of hydrogen-bond donors (Lipinski definition) is 1. The molecule has 2 aromatic rings. The zero-order valence-corrected chi connectivity index (χ0v) is 11.6. The lowest BCUT2D eigenvalue weighted by molar-refractivity contribution is 0.555. The number of halogens is 1. The van der Waals surface area contributed by atoms with E-state index in [2.05, 4.69) is 9.71 Å². The van der Waals surface area contributed by atoms with Crippen LogP contribution in [0.15, 0.2) is 41.3 Å². The van der Waals surface area contributed by atoms with Gasteiger partial charge in [-0.15, -0.1) is 0 Å². The van der Waals surface area contributed by atoms with Gasteiger partial charge >= 0.3 is 0 Å². The van der Waals surface area contributed by atoms with Crippen LogP contribution in [0.2, 0.25) is 5.02 Å². The second-order valence-electron chi connectivity index (χ2n) is 4.01. The number of rotatable bonds is 6. The highest BCUT2D eigenvalue weighted by atomic mass is 35.5. The molecule has 0 spiro atoms. The Morgan fingerprint density at radius 3 is 2.63 bits per heavy atom. The van der Waals surface area contributed by atoms with Crippen molar-refractivity contribution in [2.75, 3.05) is 6.54 Å². The molecule has 2 rings (SSSR count). The number of aromatic nitrogens is 1. The molecule has 0 bridgehead atoms. The summed E-state index contributed by atoms with van der Waals surface area (Å²) in [6, 6.07) is 6.72. The molecule has 1 aromatic heterocycles. The smallest absolute Gasteiger partial charge is 0.215 e. The van der Waals surface area contributed by atoms with Crippen LogP contribution in [0.5, 0.6) is 0 Å². The lowest BCUT2D eigenvalue weighted by Crippen LogP contribution is -2.27. The predicted molar refractivity (Wildman–Crippen MR) is 72.3 cm³/mol. The van der Waals surface area contributed by atoms with Crippen molar-refractivity contribution >= 4 is 21.6 Å². The third kappa shape index (κ3) is 4.66. The molecule has 102 valence electrons. The minimum Gasteiger partial charge on any atom is -0.451 e. The molecule has 0 atom stereocenters. The normalized spacial score (nSPS) is 11.6. The van der Waals surface area contributed by atoms with Gasteiger partial charge in [-0.2, -0.15) is 0 Å². The van der Waals surface area contributed by atoms with E-state index in [4.69, 9.17) is 16.0 Å². The Balaban J connectivity index is 1.86. The van der Waals surface area contributed by atoms with E-state index >= 15 is 0 Å². The average molecular weight is 301 g/mol. The Kier molecular flexibility index (Phi) is 4.57. The lowest BCUT2D eigenvalue weighted by Gasteiger charge is -2.06. The van der Waals surface area contributed by atoms with E-state index in [0.717, 1.165) is 0 Å². The maximum Gasteiger partial charge on any atom is 0.215 e. The summed E-state index contributed by atoms with van der Waals surface area (Å²) in [7, 11) is -3.35. The fourth-order valence-corrected chi connectivity index (χ4v) is 2.82. The minimum absolute atomic E-state index is 0.0665. The zero-order valence-electron chi connectivity index (χ0n) is 10.0. The van der Waals surface area contributed by atoms with Gasteiger partial charge in [0.25, 0.3) is 0 Å². The van der Waals surface area contributed by atoms with Crippen LogP contribution >= 0.6 is 11.6 Å². The van der Waals surface area contributed by atoms with E-state index in [1.165, 1.54) is 12.7 Å². The first-order valence-corrected chi connectivity index (χ1v) is 7.67. The van der Waals surface area contributed by atoms with Crippen LogP contribution in [0.25, 0.3) is 0 Å². The summed E-state index contributed by atoms with van der Waals surface area (Å²) >= 11 is 5.74. The van der Waals surface area contributed by atoms with Crippen molar-refractivity contribution in [1.29, 1.82) is 0 Å². The van der Waals surface area contributed by atoms with Gasteiger partial charge in [-0.1, -0.05) is 23.7 Å². The van der Waals surface area contributed by atoms with Crippen molar-refractivity contribution in [3.63, 3.8) is 0 Å². The van der Waals surface area contributed by atoms with E-state index in [1.54, 1.807) is 24.3 Å². The van der Waals surface area contributed by atoms with Crippen LogP contribution in [0, 0.1) is 0 Å². The molecule has 0 aliphatic heterocycles. The summed E-state index contributed by atoms with van der Waals surface area (Å²) in [5.41, 5.74) is 1.41. The van der Waals surface area contributed by atoms with E-state index in [-0.39, 0.29) is 5.75 Å². The highest BCUT2D eigenvalue weighted by Crippen LogP contribution is 2.11. The summed E-state index contributed by atoms with van der Waals surface area (Å²) in [5, 5.41) is 0.583. The van der Waals surface area contributed by atoms with Gasteiger partial charge in [0.05, 0.1) is 11.4 Å². The summed E-state index contributed by atoms with van der Waals surface area (Å²) < 4.78 is 31.0. The molecule has 1 aromatic carbocycles. The first kappa shape index (κ1) is 14.0. The van der Waals surface area contributed by atoms with Gasteiger partial charge in [0.1, 0.15) is 6.26 Å². The molecule has 1 heterocycles. The highest BCUT2D eigenvalue weighted by Gasteiger charge is 2.11. The van der Waals surface area contributed by atoms with Gasteiger partial charge in [0.15, 0.2) is 6.39 Å². The summed E-state index contributed by atoms with van der Waals surface area (Å²) in [6.45, 7) is 0.294. The molecule has 0 aliphatic carbocycles. The van der Waals surface area contributed by atoms with Gasteiger partial charge in [0.2, 0.25) is 10.0 Å². The second kappa shape index (κ2) is 6.18. The average Bonchev–Trinajstić information content (AvgIpc) is 2.85. The van der Waals surface area contributed by atoms with Crippen LogP contribution in [0.1, 0.15) is 11.3 Å². The Hall–Kier alpha value is -1.37. The number of nitrogens with zero attached hydrogens (tertiary/aromatic N) is 1. The Bertz CT molecular complexity index is 609. The third-order valence-electron chi connectivity index (χ3n) is 2.46. The zero-order chi connectivity index (χ0) is 13.7. The molecule has 0 fully saturated rings. The van der Waals surface area contributed by atoms with Gasteiger partial charge < -0.3 is 4.42 Å². The predicted octanol–water partition coefficient (Wildman–Crippen LogP) is 1.99. The van der Waals surface area contributed by atoms with Crippen molar-refractivity contribution in [3.05, 3.63) is 53.2 Å². The number of benzene rings is 1. The standard InChI is InChI=1S/C12H13ClN2O3S/c13-11-3-1-10(2-4-11)8-19(16,17)15-6-5-12-7-18-9-14-12/h1-4,7,9,15H,5-6,8H2. The maximum atomic E-state index is 11.8.